The minimum absolute atomic E-state index is 0.0639. The van der Waals surface area contributed by atoms with Crippen LogP contribution in [0.1, 0.15) is 21.6 Å². The zero-order chi connectivity index (χ0) is 23.4. The molecule has 0 atom stereocenters. The molecule has 0 unspecified atom stereocenters. The predicted octanol–water partition coefficient (Wildman–Crippen LogP) is 3.82. The zero-order valence-corrected chi connectivity index (χ0v) is 19.5. The molecular formula is C25H29N5O3. The lowest BCUT2D eigenvalue weighted by Crippen LogP contribution is -2.49. The second-order valence-corrected chi connectivity index (χ2v) is 8.00. The second-order valence-electron chi connectivity index (χ2n) is 8.00. The van der Waals surface area contributed by atoms with E-state index in [1.807, 2.05) is 42.2 Å². The SMILES string of the molecule is COc1cccc(C(=O)N2CCN(c3cc(C)nc(Nc4ccc(C)cc4)n3)CC2)c1OC. The smallest absolute Gasteiger partial charge is 0.257 e. The molecule has 3 aromatic rings. The molecule has 0 radical (unpaired) electrons. The molecule has 33 heavy (non-hydrogen) atoms. The van der Waals surface area contributed by atoms with Crippen LogP contribution >= 0.6 is 0 Å². The van der Waals surface area contributed by atoms with Crippen LogP contribution in [-0.2, 0) is 0 Å². The Bertz CT molecular complexity index is 1130. The summed E-state index contributed by atoms with van der Waals surface area (Å²) in [5, 5.41) is 3.28. The van der Waals surface area contributed by atoms with Gasteiger partial charge in [-0.2, -0.15) is 4.98 Å². The fraction of sp³-hybridized carbons (Fsp3) is 0.320. The van der Waals surface area contributed by atoms with E-state index in [1.165, 1.54) is 5.56 Å². The monoisotopic (exact) mass is 447 g/mol. The lowest BCUT2D eigenvalue weighted by atomic mass is 10.1. The molecule has 1 N–H and O–H groups in total. The predicted molar refractivity (Wildman–Crippen MR) is 129 cm³/mol. The van der Waals surface area contributed by atoms with Gasteiger partial charge in [0.2, 0.25) is 5.95 Å². The molecule has 8 nitrogen and oxygen atoms in total. The van der Waals surface area contributed by atoms with Crippen molar-refractivity contribution in [2.45, 2.75) is 13.8 Å². The Kier molecular flexibility index (Phi) is 6.63. The summed E-state index contributed by atoms with van der Waals surface area (Å²) >= 11 is 0. The van der Waals surface area contributed by atoms with Crippen molar-refractivity contribution in [3.05, 3.63) is 65.4 Å². The number of amides is 1. The van der Waals surface area contributed by atoms with Crippen molar-refractivity contribution in [3.63, 3.8) is 0 Å². The largest absolute Gasteiger partial charge is 0.493 e. The number of rotatable bonds is 6. The lowest BCUT2D eigenvalue weighted by molar-refractivity contribution is 0.0742. The summed E-state index contributed by atoms with van der Waals surface area (Å²) in [6.45, 7) is 6.54. The maximum atomic E-state index is 13.2. The molecule has 1 amide bonds. The number of nitrogens with one attached hydrogen (secondary N) is 1. The number of aryl methyl sites for hydroxylation is 2. The lowest BCUT2D eigenvalue weighted by Gasteiger charge is -2.35. The number of hydrogen-bond donors (Lipinski definition) is 1. The molecule has 1 aromatic heterocycles. The van der Waals surface area contributed by atoms with E-state index in [-0.39, 0.29) is 5.91 Å². The molecule has 1 saturated heterocycles. The van der Waals surface area contributed by atoms with Crippen molar-refractivity contribution >= 4 is 23.4 Å². The van der Waals surface area contributed by atoms with Gasteiger partial charge in [-0.3, -0.25) is 4.79 Å². The maximum absolute atomic E-state index is 13.2. The number of hydrogen-bond acceptors (Lipinski definition) is 7. The van der Waals surface area contributed by atoms with E-state index in [0.717, 1.165) is 17.2 Å². The van der Waals surface area contributed by atoms with Gasteiger partial charge in [-0.1, -0.05) is 23.8 Å². The van der Waals surface area contributed by atoms with E-state index >= 15 is 0 Å². The number of anilines is 3. The zero-order valence-electron chi connectivity index (χ0n) is 19.5. The molecule has 8 heteroatoms. The number of piperazine rings is 1. The molecule has 0 saturated carbocycles. The van der Waals surface area contributed by atoms with E-state index in [9.17, 15) is 4.79 Å². The van der Waals surface area contributed by atoms with E-state index in [2.05, 4.69) is 22.1 Å². The van der Waals surface area contributed by atoms with Gasteiger partial charge in [-0.05, 0) is 38.1 Å². The van der Waals surface area contributed by atoms with Crippen molar-refractivity contribution in [1.29, 1.82) is 0 Å². The topological polar surface area (TPSA) is 79.8 Å². The summed E-state index contributed by atoms with van der Waals surface area (Å²) in [5.41, 5.74) is 3.53. The number of aromatic nitrogens is 2. The summed E-state index contributed by atoms with van der Waals surface area (Å²) in [4.78, 5) is 26.4. The van der Waals surface area contributed by atoms with Crippen molar-refractivity contribution in [2.75, 3.05) is 50.6 Å². The van der Waals surface area contributed by atoms with Crippen LogP contribution in [-0.4, -0.2) is 61.2 Å². The number of benzene rings is 2. The fourth-order valence-electron chi connectivity index (χ4n) is 3.90. The first-order chi connectivity index (χ1) is 16.0. The Labute approximate surface area is 194 Å². The van der Waals surface area contributed by atoms with Crippen molar-refractivity contribution in [3.8, 4) is 11.5 Å². The second kappa shape index (κ2) is 9.77. The van der Waals surface area contributed by atoms with Gasteiger partial charge in [0, 0.05) is 43.6 Å². The third-order valence-corrected chi connectivity index (χ3v) is 5.67. The summed E-state index contributed by atoms with van der Waals surface area (Å²) in [5.74, 6) is 2.36. The highest BCUT2D eigenvalue weighted by Crippen LogP contribution is 2.32. The van der Waals surface area contributed by atoms with Gasteiger partial charge < -0.3 is 24.6 Å². The van der Waals surface area contributed by atoms with Crippen LogP contribution in [0.25, 0.3) is 0 Å². The molecule has 172 valence electrons. The third kappa shape index (κ3) is 5.00. The number of nitrogens with zero attached hydrogens (tertiary/aromatic N) is 4. The van der Waals surface area contributed by atoms with Crippen LogP contribution < -0.4 is 19.7 Å². The summed E-state index contributed by atoms with van der Waals surface area (Å²) in [6.07, 6.45) is 0. The van der Waals surface area contributed by atoms with Crippen LogP contribution in [0, 0.1) is 13.8 Å². The third-order valence-electron chi connectivity index (χ3n) is 5.67. The molecule has 1 aliphatic rings. The number of carbonyl (C=O) groups excluding carboxylic acids is 1. The highest BCUT2D eigenvalue weighted by atomic mass is 16.5. The van der Waals surface area contributed by atoms with Crippen LogP contribution in [0.5, 0.6) is 11.5 Å². The highest BCUT2D eigenvalue weighted by Gasteiger charge is 2.26. The average molecular weight is 448 g/mol. The van der Waals surface area contributed by atoms with Gasteiger partial charge in [0.25, 0.3) is 5.91 Å². The van der Waals surface area contributed by atoms with Crippen LogP contribution in [0.4, 0.5) is 17.5 Å². The molecular weight excluding hydrogens is 418 g/mol. The fourth-order valence-corrected chi connectivity index (χ4v) is 3.90. The normalized spacial score (nSPS) is 13.6. The van der Waals surface area contributed by atoms with Crippen LogP contribution in [0.2, 0.25) is 0 Å². The van der Waals surface area contributed by atoms with E-state index < -0.39 is 0 Å². The molecule has 2 aromatic carbocycles. The first-order valence-corrected chi connectivity index (χ1v) is 10.9. The van der Waals surface area contributed by atoms with Crippen LogP contribution in [0.3, 0.4) is 0 Å². The Morgan fingerprint density at radius 1 is 0.939 bits per heavy atom. The molecule has 1 fully saturated rings. The van der Waals surface area contributed by atoms with Gasteiger partial charge in [0.1, 0.15) is 5.82 Å². The number of para-hydroxylation sites is 1. The molecule has 2 heterocycles. The maximum Gasteiger partial charge on any atom is 0.257 e. The molecule has 0 bridgehead atoms. The van der Waals surface area contributed by atoms with Gasteiger partial charge in [-0.25, -0.2) is 4.98 Å². The van der Waals surface area contributed by atoms with Gasteiger partial charge >= 0.3 is 0 Å². The Morgan fingerprint density at radius 2 is 1.67 bits per heavy atom. The van der Waals surface area contributed by atoms with Crippen LogP contribution in [0.15, 0.2) is 48.5 Å². The summed E-state index contributed by atoms with van der Waals surface area (Å²) in [6, 6.07) is 15.5. The van der Waals surface area contributed by atoms with E-state index in [1.54, 1.807) is 32.4 Å². The first-order valence-electron chi connectivity index (χ1n) is 10.9. The van der Waals surface area contributed by atoms with Crippen molar-refractivity contribution < 1.29 is 14.3 Å². The minimum Gasteiger partial charge on any atom is -0.493 e. The van der Waals surface area contributed by atoms with Gasteiger partial charge in [0.05, 0.1) is 19.8 Å². The molecule has 4 rings (SSSR count). The quantitative estimate of drug-likeness (QED) is 0.615. The van der Waals surface area contributed by atoms with Gasteiger partial charge in [0.15, 0.2) is 11.5 Å². The van der Waals surface area contributed by atoms with E-state index in [4.69, 9.17) is 14.5 Å². The van der Waals surface area contributed by atoms with Gasteiger partial charge in [-0.15, -0.1) is 0 Å². The Balaban J connectivity index is 1.45. The van der Waals surface area contributed by atoms with Crippen molar-refractivity contribution in [1.82, 2.24) is 14.9 Å². The standard InChI is InChI=1S/C25H29N5O3/c1-17-8-10-19(11-9-17)27-25-26-18(2)16-22(28-25)29-12-14-30(15-13-29)24(31)20-6-5-7-21(32-3)23(20)33-4/h5-11,16H,12-15H2,1-4H3,(H,26,27,28). The number of carbonyl (C=O) groups is 1. The molecule has 0 spiro atoms. The minimum atomic E-state index is -0.0639. The highest BCUT2D eigenvalue weighted by molar-refractivity contribution is 5.98. The number of ether oxygens (including phenoxy) is 2. The molecule has 0 aliphatic carbocycles. The first kappa shape index (κ1) is 22.4. The summed E-state index contributed by atoms with van der Waals surface area (Å²) in [7, 11) is 3.11. The number of methoxy groups -OCH3 is 2. The average Bonchev–Trinajstić information content (AvgIpc) is 2.84. The Hall–Kier alpha value is -3.81. The Morgan fingerprint density at radius 3 is 2.33 bits per heavy atom. The van der Waals surface area contributed by atoms with E-state index in [0.29, 0.717) is 49.2 Å². The van der Waals surface area contributed by atoms with Crippen molar-refractivity contribution in [2.24, 2.45) is 0 Å². The molecule has 1 aliphatic heterocycles. The summed E-state index contributed by atoms with van der Waals surface area (Å²) < 4.78 is 10.8.